The number of aromatic nitrogens is 3. The summed E-state index contributed by atoms with van der Waals surface area (Å²) in [6.45, 7) is 6.38. The molecule has 214 valence electrons. The molecule has 3 atom stereocenters. The maximum atomic E-state index is 13.9. The second kappa shape index (κ2) is 11.6. The fourth-order valence-electron chi connectivity index (χ4n) is 4.72. The Morgan fingerprint density at radius 2 is 1.65 bits per heavy atom. The number of carbonyl (C=O) groups is 2. The van der Waals surface area contributed by atoms with Crippen LogP contribution in [0.5, 0.6) is 0 Å². The molecular weight excluding hydrogens is 545 g/mol. The standard InChI is InChI=1S/C29H32ClF3N4O3/c1-17(29(31,32)33)26(19-7-10-21(11-8-19)37-34-13-14-35-37)27(39)36-24-15-20(9-12-23(24)30)22(18-5-6-18)16-25(38)40-28(2,3)4/h7-15,17-18,22,26H,5-6,16H2,1-4H3,(H,36,39). The van der Waals surface area contributed by atoms with E-state index in [1.807, 2.05) is 0 Å². The topological polar surface area (TPSA) is 86.1 Å². The summed E-state index contributed by atoms with van der Waals surface area (Å²) in [7, 11) is 0. The molecule has 1 N–H and O–H groups in total. The Morgan fingerprint density at radius 1 is 1.05 bits per heavy atom. The number of carbonyl (C=O) groups excluding carboxylic acids is 2. The molecule has 3 aromatic rings. The zero-order valence-electron chi connectivity index (χ0n) is 22.7. The lowest BCUT2D eigenvalue weighted by atomic mass is 9.85. The van der Waals surface area contributed by atoms with E-state index in [9.17, 15) is 22.8 Å². The molecule has 1 saturated carbocycles. The molecule has 11 heteroatoms. The van der Waals surface area contributed by atoms with Gasteiger partial charge in [0, 0.05) is 0 Å². The highest BCUT2D eigenvalue weighted by Crippen LogP contribution is 2.46. The number of alkyl halides is 3. The largest absolute Gasteiger partial charge is 0.460 e. The van der Waals surface area contributed by atoms with E-state index in [0.717, 1.165) is 25.3 Å². The average Bonchev–Trinajstić information content (AvgIpc) is 3.55. The van der Waals surface area contributed by atoms with Crippen LogP contribution in [0.1, 0.15) is 69.9 Å². The number of rotatable bonds is 9. The molecule has 1 fully saturated rings. The van der Waals surface area contributed by atoms with Crippen LogP contribution in [0.25, 0.3) is 5.69 Å². The van der Waals surface area contributed by atoms with Crippen LogP contribution in [0.2, 0.25) is 5.02 Å². The highest BCUT2D eigenvalue weighted by molar-refractivity contribution is 6.33. The van der Waals surface area contributed by atoms with Crippen molar-refractivity contribution in [3.63, 3.8) is 0 Å². The molecule has 4 rings (SSSR count). The summed E-state index contributed by atoms with van der Waals surface area (Å²) < 4.78 is 47.2. The van der Waals surface area contributed by atoms with E-state index in [1.54, 1.807) is 51.1 Å². The van der Waals surface area contributed by atoms with Crippen molar-refractivity contribution in [2.75, 3.05) is 5.32 Å². The van der Waals surface area contributed by atoms with Gasteiger partial charge in [-0.2, -0.15) is 28.2 Å². The van der Waals surface area contributed by atoms with Gasteiger partial charge < -0.3 is 10.1 Å². The Kier molecular flexibility index (Phi) is 8.58. The van der Waals surface area contributed by atoms with Crippen LogP contribution in [0.3, 0.4) is 0 Å². The van der Waals surface area contributed by atoms with E-state index in [2.05, 4.69) is 15.5 Å². The van der Waals surface area contributed by atoms with Gasteiger partial charge >= 0.3 is 12.1 Å². The van der Waals surface area contributed by atoms with E-state index in [-0.39, 0.29) is 40.5 Å². The number of esters is 1. The van der Waals surface area contributed by atoms with Crippen LogP contribution in [0, 0.1) is 11.8 Å². The van der Waals surface area contributed by atoms with Crippen molar-refractivity contribution in [2.45, 2.75) is 70.6 Å². The first-order valence-corrected chi connectivity index (χ1v) is 13.5. The lowest BCUT2D eigenvalue weighted by Crippen LogP contribution is -2.34. The zero-order valence-corrected chi connectivity index (χ0v) is 23.5. The third kappa shape index (κ3) is 7.41. The molecule has 1 heterocycles. The smallest absolute Gasteiger partial charge is 0.392 e. The van der Waals surface area contributed by atoms with Crippen molar-refractivity contribution in [3.05, 3.63) is 71.0 Å². The fraction of sp³-hybridized carbons (Fsp3) is 0.448. The molecule has 1 aromatic heterocycles. The summed E-state index contributed by atoms with van der Waals surface area (Å²) in [5, 5.41) is 10.8. The van der Waals surface area contributed by atoms with Gasteiger partial charge in [-0.25, -0.2) is 0 Å². The van der Waals surface area contributed by atoms with Crippen LogP contribution in [-0.4, -0.2) is 38.6 Å². The summed E-state index contributed by atoms with van der Waals surface area (Å²) >= 11 is 6.39. The number of nitrogens with zero attached hydrogens (tertiary/aromatic N) is 3. The van der Waals surface area contributed by atoms with Crippen molar-refractivity contribution in [3.8, 4) is 5.69 Å². The summed E-state index contributed by atoms with van der Waals surface area (Å²) in [4.78, 5) is 27.4. The van der Waals surface area contributed by atoms with Crippen molar-refractivity contribution in [2.24, 2.45) is 11.8 Å². The first-order valence-electron chi connectivity index (χ1n) is 13.1. The van der Waals surface area contributed by atoms with E-state index in [1.165, 1.54) is 29.3 Å². The number of hydrogen-bond acceptors (Lipinski definition) is 5. The Morgan fingerprint density at radius 3 is 2.20 bits per heavy atom. The number of amides is 1. The Hall–Kier alpha value is -3.40. The van der Waals surface area contributed by atoms with Crippen molar-refractivity contribution in [1.29, 1.82) is 0 Å². The molecule has 40 heavy (non-hydrogen) atoms. The second-order valence-corrected chi connectivity index (χ2v) is 11.6. The molecule has 0 aliphatic heterocycles. The predicted molar refractivity (Wildman–Crippen MR) is 145 cm³/mol. The maximum absolute atomic E-state index is 13.9. The number of ether oxygens (including phenoxy) is 1. The predicted octanol–water partition coefficient (Wildman–Crippen LogP) is 7.07. The van der Waals surface area contributed by atoms with E-state index < -0.39 is 29.5 Å². The van der Waals surface area contributed by atoms with Gasteiger partial charge in [0.15, 0.2) is 0 Å². The van der Waals surface area contributed by atoms with Gasteiger partial charge in [-0.05, 0) is 80.8 Å². The number of halogens is 4. The highest BCUT2D eigenvalue weighted by Gasteiger charge is 2.45. The molecule has 0 saturated heterocycles. The number of nitrogens with one attached hydrogen (secondary N) is 1. The first-order chi connectivity index (χ1) is 18.7. The number of hydrogen-bond donors (Lipinski definition) is 1. The zero-order chi connectivity index (χ0) is 29.2. The molecule has 2 aromatic carbocycles. The first kappa shape index (κ1) is 29.6. The van der Waals surface area contributed by atoms with E-state index in [0.29, 0.717) is 5.69 Å². The molecule has 7 nitrogen and oxygen atoms in total. The molecule has 0 bridgehead atoms. The third-order valence-corrected chi connectivity index (χ3v) is 7.20. The molecule has 0 spiro atoms. The normalized spacial score (nSPS) is 16.2. The van der Waals surface area contributed by atoms with E-state index in [4.69, 9.17) is 16.3 Å². The minimum atomic E-state index is -4.62. The van der Waals surface area contributed by atoms with Crippen LogP contribution in [0.4, 0.5) is 18.9 Å². The monoisotopic (exact) mass is 576 g/mol. The third-order valence-electron chi connectivity index (χ3n) is 6.87. The fourth-order valence-corrected chi connectivity index (χ4v) is 4.88. The van der Waals surface area contributed by atoms with Crippen LogP contribution in [-0.2, 0) is 14.3 Å². The lowest BCUT2D eigenvalue weighted by molar-refractivity contribution is -0.178. The second-order valence-electron chi connectivity index (χ2n) is 11.2. The Balaban J connectivity index is 1.60. The molecular formula is C29H32ClF3N4O3. The van der Waals surface area contributed by atoms with E-state index >= 15 is 0 Å². The quantitative estimate of drug-likeness (QED) is 0.275. The van der Waals surface area contributed by atoms with Gasteiger partial charge in [0.05, 0.1) is 47.0 Å². The minimum absolute atomic E-state index is 0.155. The molecule has 0 radical (unpaired) electrons. The number of anilines is 1. The molecule has 3 unspecified atom stereocenters. The average molecular weight is 577 g/mol. The van der Waals surface area contributed by atoms with Gasteiger partial charge in [0.1, 0.15) is 5.60 Å². The molecule has 1 aliphatic rings. The Bertz CT molecular complexity index is 1330. The van der Waals surface area contributed by atoms with Crippen molar-refractivity contribution < 1.29 is 27.5 Å². The molecule has 1 aliphatic carbocycles. The Labute approximate surface area is 236 Å². The van der Waals surface area contributed by atoms with Crippen LogP contribution >= 0.6 is 11.6 Å². The minimum Gasteiger partial charge on any atom is -0.460 e. The maximum Gasteiger partial charge on any atom is 0.392 e. The lowest BCUT2D eigenvalue weighted by Gasteiger charge is -2.26. The summed E-state index contributed by atoms with van der Waals surface area (Å²) in [5.74, 6) is -4.58. The van der Waals surface area contributed by atoms with Crippen LogP contribution in [0.15, 0.2) is 54.9 Å². The summed E-state index contributed by atoms with van der Waals surface area (Å²) in [6, 6.07) is 11.1. The van der Waals surface area contributed by atoms with Crippen LogP contribution < -0.4 is 5.32 Å². The number of benzene rings is 2. The summed E-state index contributed by atoms with van der Waals surface area (Å²) in [6.07, 6.45) is 0.395. The SMILES string of the molecule is CC(C(C(=O)Nc1cc(C(CC(=O)OC(C)(C)C)C2CC2)ccc1Cl)c1ccc(-n2nccn2)cc1)C(F)(F)F. The van der Waals surface area contributed by atoms with Crippen molar-refractivity contribution in [1.82, 2.24) is 15.0 Å². The van der Waals surface area contributed by atoms with Gasteiger partial charge in [-0.15, -0.1) is 0 Å². The van der Waals surface area contributed by atoms with Gasteiger partial charge in [-0.3, -0.25) is 9.59 Å². The van der Waals surface area contributed by atoms with Gasteiger partial charge in [0.2, 0.25) is 5.91 Å². The summed E-state index contributed by atoms with van der Waals surface area (Å²) in [5.41, 5.74) is 1.06. The van der Waals surface area contributed by atoms with Gasteiger partial charge in [0.25, 0.3) is 0 Å². The molecule has 1 amide bonds. The highest BCUT2D eigenvalue weighted by atomic mass is 35.5. The van der Waals surface area contributed by atoms with Crippen molar-refractivity contribution >= 4 is 29.2 Å². The van der Waals surface area contributed by atoms with Gasteiger partial charge in [-0.1, -0.05) is 36.7 Å².